The molecule has 0 aliphatic heterocycles. The molecule has 4 nitrogen and oxygen atoms in total. The molecule has 0 unspecified atom stereocenters. The minimum absolute atomic E-state index is 0.510. The van der Waals surface area contributed by atoms with Gasteiger partial charge in [0.15, 0.2) is 0 Å². The molecule has 2 heterocycles. The van der Waals surface area contributed by atoms with Crippen LogP contribution in [0.2, 0.25) is 0 Å². The van der Waals surface area contributed by atoms with Crippen molar-refractivity contribution in [2.45, 2.75) is 13.8 Å². The Labute approximate surface area is 157 Å². The van der Waals surface area contributed by atoms with Crippen molar-refractivity contribution >= 4 is 17.2 Å². The zero-order valence-corrected chi connectivity index (χ0v) is 14.9. The highest BCUT2D eigenvalue weighted by molar-refractivity contribution is 6.08. The van der Waals surface area contributed by atoms with Crippen molar-refractivity contribution in [1.29, 1.82) is 10.5 Å². The molecule has 1 aliphatic rings. The Kier molecular flexibility index (Phi) is 3.95. The van der Waals surface area contributed by atoms with Gasteiger partial charge in [-0.15, -0.1) is 0 Å². The first-order valence-corrected chi connectivity index (χ1v) is 8.52. The lowest BCUT2D eigenvalue weighted by Gasteiger charge is -2.08. The van der Waals surface area contributed by atoms with E-state index in [1.54, 1.807) is 0 Å². The van der Waals surface area contributed by atoms with Gasteiger partial charge in [0, 0.05) is 17.3 Å². The van der Waals surface area contributed by atoms with Crippen LogP contribution >= 0.6 is 0 Å². The normalized spacial score (nSPS) is 14.1. The molecule has 0 spiro atoms. The number of pyridine rings is 1. The summed E-state index contributed by atoms with van der Waals surface area (Å²) < 4.78 is 5.99. The maximum absolute atomic E-state index is 9.57. The highest BCUT2D eigenvalue weighted by atomic mass is 16.3. The molecule has 128 valence electrons. The molecule has 0 radical (unpaired) electrons. The van der Waals surface area contributed by atoms with Crippen LogP contribution in [0.4, 0.5) is 0 Å². The number of nitrogens with zero attached hydrogens (tertiary/aromatic N) is 3. The SMILES string of the molecule is CC1=C(C#N)c2ncc(C#N)c(C)c2/C1=C/c1ccc(-c2ccccc2)o1. The summed E-state index contributed by atoms with van der Waals surface area (Å²) in [4.78, 5) is 4.36. The van der Waals surface area contributed by atoms with Gasteiger partial charge in [0.25, 0.3) is 0 Å². The molecule has 1 aliphatic carbocycles. The first-order valence-electron chi connectivity index (χ1n) is 8.52. The number of allylic oxidation sites excluding steroid dienone is 3. The van der Waals surface area contributed by atoms with Crippen molar-refractivity contribution in [2.75, 3.05) is 0 Å². The van der Waals surface area contributed by atoms with Crippen LogP contribution in [0.25, 0.3) is 28.5 Å². The van der Waals surface area contributed by atoms with E-state index < -0.39 is 0 Å². The lowest BCUT2D eigenvalue weighted by Crippen LogP contribution is -1.96. The molecule has 3 aromatic rings. The topological polar surface area (TPSA) is 73.6 Å². The number of hydrogen-bond acceptors (Lipinski definition) is 4. The van der Waals surface area contributed by atoms with Crippen molar-refractivity contribution in [3.63, 3.8) is 0 Å². The molecule has 1 aromatic carbocycles. The fraction of sp³-hybridized carbons (Fsp3) is 0.0870. The zero-order valence-electron chi connectivity index (χ0n) is 14.9. The van der Waals surface area contributed by atoms with Crippen LogP contribution in [0.1, 0.15) is 35.1 Å². The molecule has 4 rings (SSSR count). The molecule has 0 bridgehead atoms. The second kappa shape index (κ2) is 6.44. The van der Waals surface area contributed by atoms with E-state index in [-0.39, 0.29) is 0 Å². The number of rotatable bonds is 2. The monoisotopic (exact) mass is 349 g/mol. The van der Waals surface area contributed by atoms with Gasteiger partial charge in [-0.1, -0.05) is 30.3 Å². The maximum atomic E-state index is 9.57. The largest absolute Gasteiger partial charge is 0.457 e. The van der Waals surface area contributed by atoms with Crippen molar-refractivity contribution in [1.82, 2.24) is 4.98 Å². The van der Waals surface area contributed by atoms with Gasteiger partial charge in [0.05, 0.1) is 16.8 Å². The van der Waals surface area contributed by atoms with Gasteiger partial charge >= 0.3 is 0 Å². The first-order chi connectivity index (χ1) is 13.1. The summed E-state index contributed by atoms with van der Waals surface area (Å²) in [6.45, 7) is 3.79. The highest BCUT2D eigenvalue weighted by Crippen LogP contribution is 2.43. The van der Waals surface area contributed by atoms with Crippen LogP contribution in [-0.4, -0.2) is 4.98 Å². The minimum atomic E-state index is 0.510. The van der Waals surface area contributed by atoms with Gasteiger partial charge in [-0.2, -0.15) is 10.5 Å². The molecule has 0 saturated carbocycles. The highest BCUT2D eigenvalue weighted by Gasteiger charge is 2.28. The van der Waals surface area contributed by atoms with E-state index in [0.29, 0.717) is 22.6 Å². The van der Waals surface area contributed by atoms with Crippen molar-refractivity contribution in [3.05, 3.63) is 82.4 Å². The summed E-state index contributed by atoms with van der Waals surface area (Å²) in [5.41, 5.74) is 6.06. The summed E-state index contributed by atoms with van der Waals surface area (Å²) in [5, 5.41) is 18.9. The van der Waals surface area contributed by atoms with Gasteiger partial charge in [0.1, 0.15) is 23.7 Å². The molecule has 0 amide bonds. The van der Waals surface area contributed by atoms with E-state index in [4.69, 9.17) is 4.42 Å². The standard InChI is InChI=1S/C23H15N3O/c1-14-17(11-24)13-26-23-20(12-25)15(2)19(22(14)23)10-18-8-9-21(27-18)16-6-4-3-5-7-16/h3-10,13H,1-2H3/b19-10+. The summed E-state index contributed by atoms with van der Waals surface area (Å²) in [6, 6.07) is 18.1. The van der Waals surface area contributed by atoms with Gasteiger partial charge in [0.2, 0.25) is 0 Å². The molecule has 4 heteroatoms. The Morgan fingerprint density at radius 3 is 2.48 bits per heavy atom. The maximum Gasteiger partial charge on any atom is 0.134 e. The molecule has 0 fully saturated rings. The summed E-state index contributed by atoms with van der Waals surface area (Å²) in [6.07, 6.45) is 3.45. The van der Waals surface area contributed by atoms with Crippen molar-refractivity contribution < 1.29 is 4.42 Å². The van der Waals surface area contributed by atoms with E-state index in [1.165, 1.54) is 6.20 Å². The summed E-state index contributed by atoms with van der Waals surface area (Å²) >= 11 is 0. The quantitative estimate of drug-likeness (QED) is 0.623. The number of hydrogen-bond donors (Lipinski definition) is 0. The Bertz CT molecular complexity index is 1200. The second-order valence-electron chi connectivity index (χ2n) is 6.37. The molecule has 0 atom stereocenters. The van der Waals surface area contributed by atoms with E-state index in [9.17, 15) is 10.5 Å². The summed E-state index contributed by atoms with van der Waals surface area (Å²) in [5.74, 6) is 1.47. The predicted molar refractivity (Wildman–Crippen MR) is 104 cm³/mol. The second-order valence-corrected chi connectivity index (χ2v) is 6.37. The van der Waals surface area contributed by atoms with Gasteiger partial charge in [-0.3, -0.25) is 4.98 Å². The zero-order chi connectivity index (χ0) is 19.0. The molecular formula is C23H15N3O. The summed E-state index contributed by atoms with van der Waals surface area (Å²) in [7, 11) is 0. The van der Waals surface area contributed by atoms with Crippen molar-refractivity contribution in [2.24, 2.45) is 0 Å². The fourth-order valence-corrected chi connectivity index (χ4v) is 3.38. The number of benzene rings is 1. The molecule has 0 saturated heterocycles. The molecule has 0 N–H and O–H groups in total. The minimum Gasteiger partial charge on any atom is -0.457 e. The molecular weight excluding hydrogens is 334 g/mol. The fourth-order valence-electron chi connectivity index (χ4n) is 3.38. The van der Waals surface area contributed by atoms with Crippen molar-refractivity contribution in [3.8, 4) is 23.5 Å². The van der Waals surface area contributed by atoms with Crippen LogP contribution in [0.5, 0.6) is 0 Å². The lowest BCUT2D eigenvalue weighted by molar-refractivity contribution is 0.572. The van der Waals surface area contributed by atoms with Crippen LogP contribution in [0.15, 0.2) is 58.7 Å². The van der Waals surface area contributed by atoms with Gasteiger partial charge in [-0.05, 0) is 48.8 Å². The third-order valence-electron chi connectivity index (χ3n) is 4.83. The smallest absolute Gasteiger partial charge is 0.134 e. The Morgan fingerprint density at radius 2 is 1.78 bits per heavy atom. The van der Waals surface area contributed by atoms with E-state index in [1.807, 2.05) is 62.4 Å². The Hall–Kier alpha value is -3.89. The Balaban J connectivity index is 1.86. The van der Waals surface area contributed by atoms with Crippen LogP contribution < -0.4 is 0 Å². The predicted octanol–water partition coefficient (Wildman–Crippen LogP) is 5.37. The number of aromatic nitrogens is 1. The lowest BCUT2D eigenvalue weighted by atomic mass is 9.97. The number of fused-ring (bicyclic) bond motifs is 1. The van der Waals surface area contributed by atoms with Gasteiger partial charge < -0.3 is 4.42 Å². The number of nitriles is 2. The average Bonchev–Trinajstić information content (AvgIpc) is 3.26. The van der Waals surface area contributed by atoms with Gasteiger partial charge in [-0.25, -0.2) is 0 Å². The third-order valence-corrected chi connectivity index (χ3v) is 4.83. The van der Waals surface area contributed by atoms with E-state index in [2.05, 4.69) is 17.1 Å². The van der Waals surface area contributed by atoms with Crippen LogP contribution in [0.3, 0.4) is 0 Å². The first kappa shape index (κ1) is 16.6. The average molecular weight is 349 g/mol. The number of furan rings is 1. The van der Waals surface area contributed by atoms with E-state index in [0.717, 1.165) is 33.6 Å². The van der Waals surface area contributed by atoms with Crippen LogP contribution in [-0.2, 0) is 0 Å². The molecule has 27 heavy (non-hydrogen) atoms. The Morgan fingerprint density at radius 1 is 1.00 bits per heavy atom. The van der Waals surface area contributed by atoms with Crippen LogP contribution in [0, 0.1) is 29.6 Å². The third kappa shape index (κ3) is 2.65. The molecule has 2 aromatic heterocycles. The van der Waals surface area contributed by atoms with E-state index >= 15 is 0 Å².